The highest BCUT2D eigenvalue weighted by Crippen LogP contribution is 2.30. The number of non-ortho nitro benzene ring substituents is 1. The Morgan fingerprint density at radius 1 is 1.33 bits per heavy atom. The number of benzene rings is 1. The van der Waals surface area contributed by atoms with Crippen molar-refractivity contribution in [2.45, 2.75) is 30.6 Å². The number of allylic oxidation sites excluding steroid dienone is 1. The summed E-state index contributed by atoms with van der Waals surface area (Å²) in [7, 11) is 1.17. The minimum atomic E-state index is -4.11. The maximum atomic E-state index is 11.5. The minimum absolute atomic E-state index is 0.0271. The van der Waals surface area contributed by atoms with E-state index in [9.17, 15) is 18.5 Å². The predicted molar refractivity (Wildman–Crippen MR) is 80.3 cm³/mol. The zero-order valence-corrected chi connectivity index (χ0v) is 12.9. The number of unbranched alkanes of at least 4 members (excludes halogenated alkanes) is 3. The second-order valence-electron chi connectivity index (χ2n) is 4.31. The van der Waals surface area contributed by atoms with Crippen LogP contribution in [0.15, 0.2) is 35.7 Å². The summed E-state index contributed by atoms with van der Waals surface area (Å²) in [4.78, 5) is 9.60. The number of rotatable bonds is 9. The van der Waals surface area contributed by atoms with Crippen LogP contribution in [0.25, 0.3) is 0 Å². The second kappa shape index (κ2) is 7.99. The zero-order valence-electron chi connectivity index (χ0n) is 11.3. The monoisotopic (exact) mass is 333 g/mol. The molecule has 8 heteroatoms. The lowest BCUT2D eigenvalue weighted by atomic mass is 10.2. The van der Waals surface area contributed by atoms with Gasteiger partial charge in [0.05, 0.1) is 11.5 Å². The third-order valence-electron chi connectivity index (χ3n) is 2.71. The number of nitrogens with zero attached hydrogens (tertiary/aromatic N) is 1. The van der Waals surface area contributed by atoms with Gasteiger partial charge in [0.25, 0.3) is 14.7 Å². The van der Waals surface area contributed by atoms with Gasteiger partial charge in [-0.25, -0.2) is 8.42 Å². The summed E-state index contributed by atoms with van der Waals surface area (Å²) in [5, 5.41) is 10.7. The number of nitro benzene ring substituents is 1. The standard InChI is InChI=1S/C13H16ClNO5S/c1-2-3-4-5-6-9-20-12-8-7-11(15(16)17)10-13(12)21(14,18)19/h2,7-8,10H,1,3-6,9H2. The van der Waals surface area contributed by atoms with E-state index in [1.807, 2.05) is 6.08 Å². The first-order valence-corrected chi connectivity index (χ1v) is 8.64. The van der Waals surface area contributed by atoms with Crippen LogP contribution in [-0.4, -0.2) is 19.9 Å². The fourth-order valence-electron chi connectivity index (χ4n) is 1.67. The molecule has 0 spiro atoms. The lowest BCUT2D eigenvalue weighted by Gasteiger charge is -2.09. The molecule has 0 fully saturated rings. The molecular weight excluding hydrogens is 318 g/mol. The van der Waals surface area contributed by atoms with Crippen molar-refractivity contribution in [2.75, 3.05) is 6.61 Å². The smallest absolute Gasteiger partial charge is 0.271 e. The van der Waals surface area contributed by atoms with Gasteiger partial charge in [0.15, 0.2) is 0 Å². The van der Waals surface area contributed by atoms with Crippen molar-refractivity contribution >= 4 is 25.4 Å². The summed E-state index contributed by atoms with van der Waals surface area (Å²) < 4.78 is 28.3. The molecule has 0 aliphatic rings. The average molecular weight is 334 g/mol. The highest BCUT2D eigenvalue weighted by atomic mass is 35.7. The first-order valence-electron chi connectivity index (χ1n) is 6.33. The van der Waals surface area contributed by atoms with Gasteiger partial charge >= 0.3 is 0 Å². The van der Waals surface area contributed by atoms with Crippen molar-refractivity contribution in [1.29, 1.82) is 0 Å². The van der Waals surface area contributed by atoms with Crippen molar-refractivity contribution in [3.8, 4) is 5.75 Å². The Kier molecular flexibility index (Phi) is 6.64. The molecule has 1 rings (SSSR count). The Labute approximate surface area is 127 Å². The van der Waals surface area contributed by atoms with Crippen LogP contribution in [0.2, 0.25) is 0 Å². The molecule has 0 aromatic heterocycles. The lowest BCUT2D eigenvalue weighted by Crippen LogP contribution is -2.03. The molecule has 116 valence electrons. The maximum Gasteiger partial charge on any atom is 0.271 e. The van der Waals surface area contributed by atoms with E-state index < -0.39 is 14.0 Å². The zero-order chi connectivity index (χ0) is 15.9. The van der Waals surface area contributed by atoms with Crippen LogP contribution in [0.3, 0.4) is 0 Å². The van der Waals surface area contributed by atoms with Gasteiger partial charge in [-0.15, -0.1) is 6.58 Å². The molecule has 0 amide bonds. The molecule has 0 atom stereocenters. The Balaban J connectivity index is 2.77. The fourth-order valence-corrected chi connectivity index (χ4v) is 2.66. The number of hydrogen-bond donors (Lipinski definition) is 0. The first kappa shape index (κ1) is 17.5. The van der Waals surface area contributed by atoms with Crippen LogP contribution in [0, 0.1) is 10.1 Å². The Hall–Kier alpha value is -1.60. The van der Waals surface area contributed by atoms with E-state index in [2.05, 4.69) is 6.58 Å². The lowest BCUT2D eigenvalue weighted by molar-refractivity contribution is -0.385. The molecule has 1 aromatic rings. The Morgan fingerprint density at radius 2 is 2.05 bits per heavy atom. The van der Waals surface area contributed by atoms with Gasteiger partial charge in [-0.05, 0) is 31.7 Å². The topological polar surface area (TPSA) is 86.5 Å². The molecule has 0 N–H and O–H groups in total. The van der Waals surface area contributed by atoms with Gasteiger partial charge in [0.2, 0.25) is 0 Å². The van der Waals surface area contributed by atoms with E-state index in [1.165, 1.54) is 12.1 Å². The highest BCUT2D eigenvalue weighted by molar-refractivity contribution is 8.13. The Bertz CT molecular complexity index is 615. The average Bonchev–Trinajstić information content (AvgIpc) is 2.41. The van der Waals surface area contributed by atoms with Crippen LogP contribution in [0.5, 0.6) is 5.75 Å². The second-order valence-corrected chi connectivity index (χ2v) is 6.85. The molecule has 21 heavy (non-hydrogen) atoms. The summed E-state index contributed by atoms with van der Waals surface area (Å²) in [6.45, 7) is 3.93. The summed E-state index contributed by atoms with van der Waals surface area (Å²) in [6.07, 6.45) is 5.39. The quantitative estimate of drug-likeness (QED) is 0.226. The molecule has 0 saturated carbocycles. The van der Waals surface area contributed by atoms with Gasteiger partial charge < -0.3 is 4.74 Å². The summed E-state index contributed by atoms with van der Waals surface area (Å²) in [5.41, 5.74) is -0.354. The number of nitro groups is 1. The third-order valence-corrected chi connectivity index (χ3v) is 4.05. The van der Waals surface area contributed by atoms with Crippen molar-refractivity contribution in [3.63, 3.8) is 0 Å². The normalized spacial score (nSPS) is 11.1. The molecule has 6 nitrogen and oxygen atoms in total. The fraction of sp³-hybridized carbons (Fsp3) is 0.385. The van der Waals surface area contributed by atoms with E-state index in [0.717, 1.165) is 31.7 Å². The molecule has 0 bridgehead atoms. The predicted octanol–water partition coefficient (Wildman–Crippen LogP) is 3.65. The SMILES string of the molecule is C=CCCCCCOc1ccc([N+](=O)[O-])cc1S(=O)(=O)Cl. The number of hydrogen-bond acceptors (Lipinski definition) is 5. The highest BCUT2D eigenvalue weighted by Gasteiger charge is 2.21. The van der Waals surface area contributed by atoms with Crippen LogP contribution in [0.4, 0.5) is 5.69 Å². The maximum absolute atomic E-state index is 11.5. The number of halogens is 1. The molecule has 0 aliphatic carbocycles. The molecule has 0 radical (unpaired) electrons. The van der Waals surface area contributed by atoms with Crippen LogP contribution >= 0.6 is 10.7 Å². The minimum Gasteiger partial charge on any atom is -0.492 e. The van der Waals surface area contributed by atoms with E-state index >= 15 is 0 Å². The third kappa shape index (κ3) is 5.73. The van der Waals surface area contributed by atoms with Crippen LogP contribution in [-0.2, 0) is 9.05 Å². The van der Waals surface area contributed by atoms with Crippen molar-refractivity contribution < 1.29 is 18.1 Å². The summed E-state index contributed by atoms with van der Waals surface area (Å²) in [5.74, 6) is 0.0271. The van der Waals surface area contributed by atoms with Crippen molar-refractivity contribution in [3.05, 3.63) is 41.0 Å². The van der Waals surface area contributed by atoms with E-state index in [4.69, 9.17) is 15.4 Å². The van der Waals surface area contributed by atoms with Gasteiger partial charge in [-0.2, -0.15) is 0 Å². The molecule has 1 aromatic carbocycles. The largest absolute Gasteiger partial charge is 0.492 e. The molecule has 0 saturated heterocycles. The first-order chi connectivity index (χ1) is 9.86. The molecule has 0 aliphatic heterocycles. The molecule has 0 heterocycles. The summed E-state index contributed by atoms with van der Waals surface area (Å²) >= 11 is 0. The summed E-state index contributed by atoms with van der Waals surface area (Å²) in [6, 6.07) is 3.32. The Morgan fingerprint density at radius 3 is 2.62 bits per heavy atom. The van der Waals surface area contributed by atoms with Gasteiger partial charge in [0.1, 0.15) is 10.6 Å². The van der Waals surface area contributed by atoms with Crippen LogP contribution < -0.4 is 4.74 Å². The van der Waals surface area contributed by atoms with E-state index in [-0.39, 0.29) is 16.3 Å². The van der Waals surface area contributed by atoms with Gasteiger partial charge in [-0.3, -0.25) is 10.1 Å². The molecule has 0 unspecified atom stereocenters. The van der Waals surface area contributed by atoms with Gasteiger partial charge in [-0.1, -0.05) is 6.08 Å². The number of ether oxygens (including phenoxy) is 1. The van der Waals surface area contributed by atoms with E-state index in [0.29, 0.717) is 6.61 Å². The van der Waals surface area contributed by atoms with Crippen molar-refractivity contribution in [2.24, 2.45) is 0 Å². The van der Waals surface area contributed by atoms with Crippen LogP contribution in [0.1, 0.15) is 25.7 Å². The molecular formula is C13H16ClNO5S. The van der Waals surface area contributed by atoms with E-state index in [1.54, 1.807) is 0 Å². The van der Waals surface area contributed by atoms with Gasteiger partial charge in [0, 0.05) is 22.8 Å². The van der Waals surface area contributed by atoms with Crippen molar-refractivity contribution in [1.82, 2.24) is 0 Å².